The lowest BCUT2D eigenvalue weighted by Gasteiger charge is -2.15. The molecule has 1 amide bonds. The number of nitrogens with zero attached hydrogens (tertiary/aromatic N) is 3. The van der Waals surface area contributed by atoms with Crippen molar-refractivity contribution in [3.63, 3.8) is 0 Å². The van der Waals surface area contributed by atoms with E-state index in [2.05, 4.69) is 15.0 Å². The first-order chi connectivity index (χ1) is 8.61. The summed E-state index contributed by atoms with van der Waals surface area (Å²) in [5.74, 6) is -1.72. The summed E-state index contributed by atoms with van der Waals surface area (Å²) in [7, 11) is 1.54. The summed E-state index contributed by atoms with van der Waals surface area (Å²) >= 11 is 0. The van der Waals surface area contributed by atoms with E-state index in [1.165, 1.54) is 18.3 Å². The van der Waals surface area contributed by atoms with E-state index in [4.69, 9.17) is 5.11 Å². The van der Waals surface area contributed by atoms with Gasteiger partial charge in [0.15, 0.2) is 11.4 Å². The number of pyridine rings is 1. The summed E-state index contributed by atoms with van der Waals surface area (Å²) in [6.45, 7) is 0. The van der Waals surface area contributed by atoms with Crippen molar-refractivity contribution in [2.24, 2.45) is 0 Å². The molecule has 7 heteroatoms. The third-order valence-electron chi connectivity index (χ3n) is 2.41. The van der Waals surface area contributed by atoms with Crippen LogP contribution in [0.5, 0.6) is 0 Å². The number of aromatic amines is 1. The first-order valence-corrected chi connectivity index (χ1v) is 5.06. The van der Waals surface area contributed by atoms with Crippen LogP contribution in [0.3, 0.4) is 0 Å². The van der Waals surface area contributed by atoms with Gasteiger partial charge in [0.25, 0.3) is 5.91 Å². The summed E-state index contributed by atoms with van der Waals surface area (Å²) in [6.07, 6.45) is 4.26. The van der Waals surface area contributed by atoms with E-state index < -0.39 is 11.9 Å². The van der Waals surface area contributed by atoms with E-state index in [1.807, 2.05) is 0 Å². The second-order valence-electron chi connectivity index (χ2n) is 3.50. The Labute approximate surface area is 102 Å². The number of anilines is 1. The molecule has 0 aliphatic carbocycles. The Morgan fingerprint density at radius 1 is 1.33 bits per heavy atom. The fourth-order valence-corrected chi connectivity index (χ4v) is 1.46. The van der Waals surface area contributed by atoms with Gasteiger partial charge < -0.3 is 15.0 Å². The minimum absolute atomic E-state index is 0.123. The number of H-pyrrole nitrogens is 1. The van der Waals surface area contributed by atoms with Gasteiger partial charge in [-0.1, -0.05) is 0 Å². The number of aromatic nitrogens is 3. The number of carbonyl (C=O) groups excluding carboxylic acids is 1. The highest BCUT2D eigenvalue weighted by atomic mass is 16.4. The molecule has 0 fully saturated rings. The maximum Gasteiger partial charge on any atom is 0.354 e. The van der Waals surface area contributed by atoms with Gasteiger partial charge >= 0.3 is 5.97 Å². The van der Waals surface area contributed by atoms with Crippen molar-refractivity contribution < 1.29 is 14.7 Å². The maximum absolute atomic E-state index is 12.1. The van der Waals surface area contributed by atoms with Gasteiger partial charge in [0.1, 0.15) is 0 Å². The summed E-state index contributed by atoms with van der Waals surface area (Å²) < 4.78 is 0. The minimum atomic E-state index is -1.22. The number of rotatable bonds is 3. The number of amides is 1. The second kappa shape index (κ2) is 4.66. The number of aromatic carboxylic acids is 1. The number of carbonyl (C=O) groups is 2. The van der Waals surface area contributed by atoms with Crippen molar-refractivity contribution in [3.8, 4) is 0 Å². The Morgan fingerprint density at radius 2 is 2.00 bits per heavy atom. The lowest BCUT2D eigenvalue weighted by molar-refractivity contribution is 0.0686. The average Bonchev–Trinajstić information content (AvgIpc) is 2.87. The Morgan fingerprint density at radius 3 is 2.61 bits per heavy atom. The molecule has 18 heavy (non-hydrogen) atoms. The van der Waals surface area contributed by atoms with Gasteiger partial charge in [0, 0.05) is 25.1 Å². The van der Waals surface area contributed by atoms with Crippen molar-refractivity contribution in [2.45, 2.75) is 0 Å². The van der Waals surface area contributed by atoms with Gasteiger partial charge in [-0.15, -0.1) is 0 Å². The Bertz CT molecular complexity index is 579. The van der Waals surface area contributed by atoms with Crippen molar-refractivity contribution in [1.82, 2.24) is 15.0 Å². The highest BCUT2D eigenvalue weighted by Gasteiger charge is 2.23. The van der Waals surface area contributed by atoms with E-state index in [0.29, 0.717) is 5.69 Å². The van der Waals surface area contributed by atoms with E-state index in [1.54, 1.807) is 24.5 Å². The highest BCUT2D eigenvalue weighted by Crippen LogP contribution is 2.14. The molecule has 0 bridgehead atoms. The molecule has 0 spiro atoms. The zero-order chi connectivity index (χ0) is 13.1. The number of hydrogen-bond acceptors (Lipinski definition) is 4. The Kier molecular flexibility index (Phi) is 3.05. The predicted molar refractivity (Wildman–Crippen MR) is 62.5 cm³/mol. The fraction of sp³-hybridized carbons (Fsp3) is 0.0909. The standard InChI is InChI=1S/C11H10N4O3/c1-15(7-2-4-12-5-3-7)10(16)8-9(11(17)18)14-6-13-8/h2-6H,1H3,(H,13,14)(H,17,18). The van der Waals surface area contributed by atoms with Gasteiger partial charge in [-0.3, -0.25) is 9.78 Å². The van der Waals surface area contributed by atoms with Crippen LogP contribution in [0.4, 0.5) is 5.69 Å². The van der Waals surface area contributed by atoms with Crippen molar-refractivity contribution >= 4 is 17.6 Å². The van der Waals surface area contributed by atoms with Crippen LogP contribution in [0, 0.1) is 0 Å². The number of carboxylic acid groups (broad SMARTS) is 1. The van der Waals surface area contributed by atoms with E-state index in [9.17, 15) is 9.59 Å². The first kappa shape index (κ1) is 11.8. The Balaban J connectivity index is 2.32. The minimum Gasteiger partial charge on any atom is -0.477 e. The summed E-state index contributed by atoms with van der Waals surface area (Å²) in [6, 6.07) is 3.29. The predicted octanol–water partition coefficient (Wildman–Crippen LogP) is 0.780. The van der Waals surface area contributed by atoms with Crippen LogP contribution < -0.4 is 4.90 Å². The van der Waals surface area contributed by atoms with E-state index >= 15 is 0 Å². The molecule has 0 radical (unpaired) electrons. The summed E-state index contributed by atoms with van der Waals surface area (Å²) in [4.78, 5) is 34.3. The summed E-state index contributed by atoms with van der Waals surface area (Å²) in [5.41, 5.74) is 0.261. The lowest BCUT2D eigenvalue weighted by Crippen LogP contribution is -2.28. The van der Waals surface area contributed by atoms with Crippen molar-refractivity contribution in [3.05, 3.63) is 42.2 Å². The van der Waals surface area contributed by atoms with Gasteiger partial charge in [0.2, 0.25) is 0 Å². The third-order valence-corrected chi connectivity index (χ3v) is 2.41. The van der Waals surface area contributed by atoms with Gasteiger partial charge in [-0.05, 0) is 12.1 Å². The molecular weight excluding hydrogens is 236 g/mol. The molecule has 7 nitrogen and oxygen atoms in total. The third kappa shape index (κ3) is 2.05. The van der Waals surface area contributed by atoms with E-state index in [0.717, 1.165) is 0 Å². The van der Waals surface area contributed by atoms with Crippen LogP contribution in [-0.2, 0) is 0 Å². The fourth-order valence-electron chi connectivity index (χ4n) is 1.46. The van der Waals surface area contributed by atoms with Crippen molar-refractivity contribution in [2.75, 3.05) is 11.9 Å². The topological polar surface area (TPSA) is 99.2 Å². The number of hydrogen-bond donors (Lipinski definition) is 2. The SMILES string of the molecule is CN(C(=O)c1nc[nH]c1C(=O)O)c1ccncc1. The summed E-state index contributed by atoms with van der Waals surface area (Å²) in [5, 5.41) is 8.90. The molecular formula is C11H10N4O3. The highest BCUT2D eigenvalue weighted by molar-refractivity contribution is 6.09. The van der Waals surface area contributed by atoms with E-state index in [-0.39, 0.29) is 11.4 Å². The Hall–Kier alpha value is -2.70. The number of carboxylic acids is 1. The van der Waals surface area contributed by atoms with Crippen LogP contribution in [0.25, 0.3) is 0 Å². The molecule has 0 saturated carbocycles. The zero-order valence-corrected chi connectivity index (χ0v) is 9.49. The maximum atomic E-state index is 12.1. The van der Waals surface area contributed by atoms with Crippen LogP contribution in [-0.4, -0.2) is 39.0 Å². The number of nitrogens with one attached hydrogen (secondary N) is 1. The van der Waals surface area contributed by atoms with Crippen LogP contribution in [0.2, 0.25) is 0 Å². The molecule has 0 saturated heterocycles. The van der Waals surface area contributed by atoms with Gasteiger partial charge in [0.05, 0.1) is 6.33 Å². The molecule has 2 N–H and O–H groups in total. The monoisotopic (exact) mass is 246 g/mol. The number of imidazole rings is 1. The molecule has 2 aromatic heterocycles. The molecule has 92 valence electrons. The van der Waals surface area contributed by atoms with Crippen LogP contribution >= 0.6 is 0 Å². The molecule has 0 aromatic carbocycles. The average molecular weight is 246 g/mol. The molecule has 2 aromatic rings. The molecule has 0 atom stereocenters. The second-order valence-corrected chi connectivity index (χ2v) is 3.50. The molecule has 0 unspecified atom stereocenters. The molecule has 2 heterocycles. The molecule has 2 rings (SSSR count). The van der Waals surface area contributed by atoms with Crippen LogP contribution in [0.1, 0.15) is 21.0 Å². The largest absolute Gasteiger partial charge is 0.477 e. The van der Waals surface area contributed by atoms with Crippen LogP contribution in [0.15, 0.2) is 30.9 Å². The van der Waals surface area contributed by atoms with Crippen molar-refractivity contribution in [1.29, 1.82) is 0 Å². The molecule has 0 aliphatic rings. The van der Waals surface area contributed by atoms with Gasteiger partial charge in [-0.2, -0.15) is 0 Å². The smallest absolute Gasteiger partial charge is 0.354 e. The zero-order valence-electron chi connectivity index (χ0n) is 9.49. The lowest BCUT2D eigenvalue weighted by atomic mass is 10.2. The molecule has 0 aliphatic heterocycles. The van der Waals surface area contributed by atoms with Gasteiger partial charge in [-0.25, -0.2) is 9.78 Å². The first-order valence-electron chi connectivity index (χ1n) is 5.06. The quantitative estimate of drug-likeness (QED) is 0.833. The normalized spacial score (nSPS) is 10.1.